The van der Waals surface area contributed by atoms with Gasteiger partial charge in [-0.2, -0.15) is 0 Å². The number of rotatable bonds is 12. The van der Waals surface area contributed by atoms with Crippen LogP contribution < -0.4 is 4.74 Å². The Balaban J connectivity index is 1.50. The van der Waals surface area contributed by atoms with Crippen molar-refractivity contribution in [3.8, 4) is 17.0 Å². The molecule has 6 rings (SSSR count). The van der Waals surface area contributed by atoms with Gasteiger partial charge in [0, 0.05) is 12.1 Å². The monoisotopic (exact) mass is 594 g/mol. The van der Waals surface area contributed by atoms with Crippen molar-refractivity contribution in [1.82, 2.24) is 9.55 Å². The molecule has 228 valence electrons. The normalized spacial score (nSPS) is 14.1. The Bertz CT molecular complexity index is 1600. The summed E-state index contributed by atoms with van der Waals surface area (Å²) >= 11 is 0. The van der Waals surface area contributed by atoms with Crippen molar-refractivity contribution in [2.45, 2.75) is 57.4 Å². The number of benzene rings is 4. The quantitative estimate of drug-likeness (QED) is 0.0820. The Labute approximate surface area is 267 Å². The maximum atomic E-state index is 13.2. The van der Waals surface area contributed by atoms with Crippen molar-refractivity contribution in [3.63, 3.8) is 0 Å². The van der Waals surface area contributed by atoms with Gasteiger partial charge in [0.15, 0.2) is 5.78 Å². The first-order chi connectivity index (χ1) is 22.2. The van der Waals surface area contributed by atoms with Gasteiger partial charge in [0.25, 0.3) is 0 Å². The highest BCUT2D eigenvalue weighted by Gasteiger charge is 2.38. The SMILES string of the molecule is CCCCOc1cccc(/C=C/C(=O)C2CCCCC2)c1-c1cn(C(c2ccccc2)(c2ccccc2)c2ccccc2)cn1. The Kier molecular flexibility index (Phi) is 9.70. The van der Waals surface area contributed by atoms with E-state index in [0.717, 1.165) is 77.8 Å². The van der Waals surface area contributed by atoms with Gasteiger partial charge in [-0.25, -0.2) is 4.98 Å². The van der Waals surface area contributed by atoms with E-state index in [0.29, 0.717) is 6.61 Å². The summed E-state index contributed by atoms with van der Waals surface area (Å²) in [5.74, 6) is 1.13. The molecule has 4 aromatic carbocycles. The maximum Gasteiger partial charge on any atom is 0.158 e. The smallest absolute Gasteiger partial charge is 0.158 e. The molecule has 4 nitrogen and oxygen atoms in total. The largest absolute Gasteiger partial charge is 0.493 e. The zero-order valence-electron chi connectivity index (χ0n) is 26.1. The fourth-order valence-electron chi connectivity index (χ4n) is 6.72. The Hall–Kier alpha value is -4.70. The average molecular weight is 595 g/mol. The van der Waals surface area contributed by atoms with Gasteiger partial charge in [0.05, 0.1) is 24.2 Å². The second kappa shape index (κ2) is 14.4. The number of ketones is 1. The van der Waals surface area contributed by atoms with Crippen LogP contribution in [0.2, 0.25) is 0 Å². The highest BCUT2D eigenvalue weighted by Crippen LogP contribution is 2.42. The van der Waals surface area contributed by atoms with Crippen molar-refractivity contribution in [2.75, 3.05) is 6.61 Å². The second-order valence-electron chi connectivity index (χ2n) is 12.0. The van der Waals surface area contributed by atoms with Crippen LogP contribution >= 0.6 is 0 Å². The van der Waals surface area contributed by atoms with Gasteiger partial charge < -0.3 is 9.30 Å². The van der Waals surface area contributed by atoms with Gasteiger partial charge in [-0.05, 0) is 53.7 Å². The second-order valence-corrected chi connectivity index (χ2v) is 12.0. The van der Waals surface area contributed by atoms with Crippen LogP contribution in [0.4, 0.5) is 0 Å². The molecule has 0 bridgehead atoms. The van der Waals surface area contributed by atoms with Crippen molar-refractivity contribution in [2.24, 2.45) is 5.92 Å². The standard InChI is InChI=1S/C41H42N2O2/c1-2-3-29-45-39-26-16-19-33(27-28-38(44)32-17-8-4-9-18-32)40(39)37-30-43(31-42-37)41(34-20-10-5-11-21-34,35-22-12-6-13-23-35)36-24-14-7-15-25-36/h5-7,10-16,19-28,30-32H,2-4,8-9,17-18,29H2,1H3/b28-27+. The molecule has 0 spiro atoms. The average Bonchev–Trinajstić information content (AvgIpc) is 3.59. The molecule has 0 aliphatic heterocycles. The minimum atomic E-state index is -0.667. The molecule has 4 heteroatoms. The molecule has 5 aromatic rings. The van der Waals surface area contributed by atoms with Gasteiger partial charge >= 0.3 is 0 Å². The summed E-state index contributed by atoms with van der Waals surface area (Å²) in [6.45, 7) is 2.79. The van der Waals surface area contributed by atoms with Crippen LogP contribution in [-0.2, 0) is 10.3 Å². The predicted octanol–water partition coefficient (Wildman–Crippen LogP) is 9.73. The van der Waals surface area contributed by atoms with Crippen LogP contribution in [0.25, 0.3) is 17.3 Å². The van der Waals surface area contributed by atoms with Crippen molar-refractivity contribution in [3.05, 3.63) is 150 Å². The number of allylic oxidation sites excluding steroid dienone is 1. The Morgan fingerprint density at radius 2 is 1.42 bits per heavy atom. The molecule has 45 heavy (non-hydrogen) atoms. The molecular weight excluding hydrogens is 552 g/mol. The number of nitrogens with zero attached hydrogens (tertiary/aromatic N) is 2. The van der Waals surface area contributed by atoms with Crippen LogP contribution in [0.1, 0.15) is 74.1 Å². The van der Waals surface area contributed by atoms with E-state index < -0.39 is 5.54 Å². The molecule has 0 radical (unpaired) electrons. The third kappa shape index (κ3) is 6.42. The number of carbonyl (C=O) groups is 1. The van der Waals surface area contributed by atoms with Gasteiger partial charge in [0.2, 0.25) is 0 Å². The molecule has 1 heterocycles. The molecule has 1 aromatic heterocycles. The van der Waals surface area contributed by atoms with E-state index in [2.05, 4.69) is 115 Å². The lowest BCUT2D eigenvalue weighted by Gasteiger charge is -2.37. The lowest BCUT2D eigenvalue weighted by atomic mass is 9.77. The number of hydrogen-bond donors (Lipinski definition) is 0. The molecular formula is C41H42N2O2. The van der Waals surface area contributed by atoms with E-state index in [1.807, 2.05) is 24.5 Å². The van der Waals surface area contributed by atoms with Crippen LogP contribution in [0.5, 0.6) is 5.75 Å². The molecule has 0 N–H and O–H groups in total. The number of unbranched alkanes of at least 4 members (excludes halogenated alkanes) is 1. The summed E-state index contributed by atoms with van der Waals surface area (Å²) in [7, 11) is 0. The van der Waals surface area contributed by atoms with Gasteiger partial charge in [-0.15, -0.1) is 0 Å². The van der Waals surface area contributed by atoms with Crippen molar-refractivity contribution >= 4 is 11.9 Å². The zero-order valence-corrected chi connectivity index (χ0v) is 26.1. The summed E-state index contributed by atoms with van der Waals surface area (Å²) in [4.78, 5) is 18.2. The van der Waals surface area contributed by atoms with Crippen LogP contribution in [0, 0.1) is 5.92 Å². The molecule has 0 unspecified atom stereocenters. The van der Waals surface area contributed by atoms with E-state index >= 15 is 0 Å². The molecule has 1 aliphatic rings. The summed E-state index contributed by atoms with van der Waals surface area (Å²) in [6.07, 6.45) is 15.3. The minimum absolute atomic E-state index is 0.130. The van der Waals surface area contributed by atoms with Gasteiger partial charge in [0.1, 0.15) is 11.3 Å². The summed E-state index contributed by atoms with van der Waals surface area (Å²) in [5.41, 5.74) is 5.39. The molecule has 1 saturated carbocycles. The van der Waals surface area contributed by atoms with Gasteiger partial charge in [-0.1, -0.05) is 142 Å². The first-order valence-electron chi connectivity index (χ1n) is 16.4. The zero-order chi connectivity index (χ0) is 30.9. The maximum absolute atomic E-state index is 13.2. The number of hydrogen-bond acceptors (Lipinski definition) is 3. The van der Waals surface area contributed by atoms with Gasteiger partial charge in [-0.3, -0.25) is 4.79 Å². The third-order valence-electron chi connectivity index (χ3n) is 9.05. The lowest BCUT2D eigenvalue weighted by Crippen LogP contribution is -2.36. The first kappa shape index (κ1) is 30.3. The Morgan fingerprint density at radius 1 is 0.822 bits per heavy atom. The van der Waals surface area contributed by atoms with E-state index in [1.165, 1.54) is 6.42 Å². The van der Waals surface area contributed by atoms with E-state index in [-0.39, 0.29) is 11.7 Å². The Morgan fingerprint density at radius 3 is 2.00 bits per heavy atom. The number of ether oxygens (including phenoxy) is 1. The van der Waals surface area contributed by atoms with Crippen LogP contribution in [-0.4, -0.2) is 21.9 Å². The molecule has 0 amide bonds. The minimum Gasteiger partial charge on any atom is -0.493 e. The highest BCUT2D eigenvalue weighted by molar-refractivity contribution is 5.96. The first-order valence-corrected chi connectivity index (χ1v) is 16.4. The number of aromatic nitrogens is 2. The van der Waals surface area contributed by atoms with E-state index in [4.69, 9.17) is 9.72 Å². The van der Waals surface area contributed by atoms with E-state index in [9.17, 15) is 4.79 Å². The topological polar surface area (TPSA) is 44.1 Å². The molecule has 1 aliphatic carbocycles. The fourth-order valence-corrected chi connectivity index (χ4v) is 6.72. The van der Waals surface area contributed by atoms with Crippen LogP contribution in [0.3, 0.4) is 0 Å². The lowest BCUT2D eigenvalue weighted by molar-refractivity contribution is -0.119. The number of imidazole rings is 1. The van der Waals surface area contributed by atoms with Crippen LogP contribution in [0.15, 0.2) is 128 Å². The molecule has 1 fully saturated rings. The third-order valence-corrected chi connectivity index (χ3v) is 9.05. The molecule has 0 saturated heterocycles. The van der Waals surface area contributed by atoms with E-state index in [1.54, 1.807) is 6.08 Å². The van der Waals surface area contributed by atoms with Crippen molar-refractivity contribution < 1.29 is 9.53 Å². The van der Waals surface area contributed by atoms with Crippen molar-refractivity contribution in [1.29, 1.82) is 0 Å². The summed E-state index contributed by atoms with van der Waals surface area (Å²) in [6, 6.07) is 37.9. The molecule has 0 atom stereocenters. The fraction of sp³-hybridized carbons (Fsp3) is 0.268. The predicted molar refractivity (Wildman–Crippen MR) is 183 cm³/mol. The summed E-state index contributed by atoms with van der Waals surface area (Å²) < 4.78 is 8.60. The summed E-state index contributed by atoms with van der Waals surface area (Å²) in [5, 5.41) is 0. The number of carbonyl (C=O) groups excluding carboxylic acids is 1. The highest BCUT2D eigenvalue weighted by atomic mass is 16.5.